The molecule has 0 radical (unpaired) electrons. The molecule has 0 saturated heterocycles. The number of aliphatic hydroxyl groups is 1. The number of amides is 1. The zero-order valence-corrected chi connectivity index (χ0v) is 13.9. The van der Waals surface area contributed by atoms with Crippen molar-refractivity contribution in [2.75, 3.05) is 6.54 Å². The van der Waals surface area contributed by atoms with E-state index in [1.807, 2.05) is 31.2 Å². The number of hydrogen-bond donors (Lipinski definition) is 2. The average Bonchev–Trinajstić information content (AvgIpc) is 2.61. The second-order valence-electron chi connectivity index (χ2n) is 5.61. The molecular weight excluding hydrogens is 306 g/mol. The molecule has 0 saturated carbocycles. The van der Waals surface area contributed by atoms with Crippen LogP contribution < -0.4 is 10.9 Å². The number of hydrogen-bond acceptors (Lipinski definition) is 4. The highest BCUT2D eigenvalue weighted by atomic mass is 16.3. The second-order valence-corrected chi connectivity index (χ2v) is 5.61. The molecule has 6 nitrogen and oxygen atoms in total. The van der Waals surface area contributed by atoms with Crippen molar-refractivity contribution in [3.05, 3.63) is 63.6 Å². The number of benzene rings is 1. The number of aryl methyl sites for hydroxylation is 1. The lowest BCUT2D eigenvalue weighted by atomic mass is 10.1. The van der Waals surface area contributed by atoms with E-state index in [1.54, 1.807) is 0 Å². The van der Waals surface area contributed by atoms with Crippen LogP contribution in [-0.2, 0) is 19.6 Å². The van der Waals surface area contributed by atoms with E-state index in [0.29, 0.717) is 19.5 Å². The number of unbranched alkanes of at least 4 members (excludes halogenated alkanes) is 1. The zero-order valence-electron chi connectivity index (χ0n) is 13.9. The van der Waals surface area contributed by atoms with Crippen LogP contribution in [0.1, 0.15) is 41.4 Å². The van der Waals surface area contributed by atoms with Gasteiger partial charge in [0.1, 0.15) is 5.69 Å². The van der Waals surface area contributed by atoms with Crippen LogP contribution in [0.15, 0.2) is 41.2 Å². The molecule has 2 N–H and O–H groups in total. The van der Waals surface area contributed by atoms with E-state index < -0.39 is 0 Å². The lowest BCUT2D eigenvalue weighted by Gasteiger charge is -2.08. The van der Waals surface area contributed by atoms with Crippen LogP contribution in [-0.4, -0.2) is 27.3 Å². The van der Waals surface area contributed by atoms with Crippen LogP contribution in [0, 0.1) is 0 Å². The first-order valence-corrected chi connectivity index (χ1v) is 8.19. The van der Waals surface area contributed by atoms with E-state index in [9.17, 15) is 9.59 Å². The van der Waals surface area contributed by atoms with Crippen molar-refractivity contribution >= 4 is 5.91 Å². The lowest BCUT2D eigenvalue weighted by molar-refractivity contribution is 0.0946. The number of aliphatic hydroxyl groups excluding tert-OH is 1. The number of aromatic nitrogens is 2. The average molecular weight is 329 g/mol. The van der Waals surface area contributed by atoms with E-state index in [0.717, 1.165) is 24.0 Å². The van der Waals surface area contributed by atoms with Crippen molar-refractivity contribution in [1.82, 2.24) is 15.1 Å². The topological polar surface area (TPSA) is 84.2 Å². The van der Waals surface area contributed by atoms with Crippen LogP contribution in [0.3, 0.4) is 0 Å². The van der Waals surface area contributed by atoms with Gasteiger partial charge in [0.05, 0.1) is 6.61 Å². The molecule has 2 aromatic rings. The highest BCUT2D eigenvalue weighted by Gasteiger charge is 2.09. The van der Waals surface area contributed by atoms with Crippen molar-refractivity contribution in [2.45, 2.75) is 39.3 Å². The normalized spacial score (nSPS) is 10.6. The van der Waals surface area contributed by atoms with Crippen LogP contribution in [0.25, 0.3) is 0 Å². The Bertz CT molecular complexity index is 723. The quantitative estimate of drug-likeness (QED) is 0.769. The Morgan fingerprint density at radius 1 is 1.17 bits per heavy atom. The number of carbonyl (C=O) groups excluding carboxylic acids is 1. The van der Waals surface area contributed by atoms with Gasteiger partial charge in [-0.2, -0.15) is 5.10 Å². The molecule has 128 valence electrons. The van der Waals surface area contributed by atoms with Crippen molar-refractivity contribution in [1.29, 1.82) is 0 Å². The van der Waals surface area contributed by atoms with Crippen LogP contribution >= 0.6 is 0 Å². The third kappa shape index (κ3) is 5.03. The van der Waals surface area contributed by atoms with Gasteiger partial charge < -0.3 is 10.4 Å². The van der Waals surface area contributed by atoms with Crippen molar-refractivity contribution in [2.24, 2.45) is 0 Å². The van der Waals surface area contributed by atoms with Gasteiger partial charge in [0.25, 0.3) is 11.5 Å². The molecule has 1 heterocycles. The van der Waals surface area contributed by atoms with E-state index in [-0.39, 0.29) is 23.8 Å². The maximum Gasteiger partial charge on any atom is 0.271 e. The van der Waals surface area contributed by atoms with Crippen LogP contribution in [0.4, 0.5) is 0 Å². The highest BCUT2D eigenvalue weighted by Crippen LogP contribution is 2.04. The first-order chi connectivity index (χ1) is 11.6. The van der Waals surface area contributed by atoms with Crippen molar-refractivity contribution in [3.63, 3.8) is 0 Å². The Morgan fingerprint density at radius 3 is 2.54 bits per heavy atom. The highest BCUT2D eigenvalue weighted by molar-refractivity contribution is 5.91. The van der Waals surface area contributed by atoms with Gasteiger partial charge in [-0.25, -0.2) is 4.68 Å². The Labute approximate surface area is 141 Å². The molecule has 0 aliphatic rings. The van der Waals surface area contributed by atoms with E-state index in [2.05, 4.69) is 10.4 Å². The summed E-state index contributed by atoms with van der Waals surface area (Å²) in [6, 6.07) is 10.4. The minimum atomic E-state index is -0.285. The fourth-order valence-electron chi connectivity index (χ4n) is 2.26. The maximum absolute atomic E-state index is 12.2. The molecule has 0 spiro atoms. The van der Waals surface area contributed by atoms with Gasteiger partial charge in [-0.1, -0.05) is 37.6 Å². The lowest BCUT2D eigenvalue weighted by Crippen LogP contribution is -2.30. The summed E-state index contributed by atoms with van der Waals surface area (Å²) in [6.45, 7) is 3.06. The van der Waals surface area contributed by atoms with E-state index in [1.165, 1.54) is 16.8 Å². The van der Waals surface area contributed by atoms with Crippen molar-refractivity contribution < 1.29 is 9.90 Å². The zero-order chi connectivity index (χ0) is 17.4. The number of rotatable bonds is 8. The maximum atomic E-state index is 12.2. The molecule has 6 heteroatoms. The fraction of sp³-hybridized carbons (Fsp3) is 0.389. The summed E-state index contributed by atoms with van der Waals surface area (Å²) in [5.41, 5.74) is 2.00. The summed E-state index contributed by atoms with van der Waals surface area (Å²) in [7, 11) is 0. The number of carbonyl (C=O) groups is 1. The van der Waals surface area contributed by atoms with E-state index >= 15 is 0 Å². The summed E-state index contributed by atoms with van der Waals surface area (Å²) < 4.78 is 1.34. The predicted octanol–water partition coefficient (Wildman–Crippen LogP) is 1.51. The fourth-order valence-corrected chi connectivity index (χ4v) is 2.26. The van der Waals surface area contributed by atoms with Gasteiger partial charge in [0, 0.05) is 19.2 Å². The molecule has 24 heavy (non-hydrogen) atoms. The van der Waals surface area contributed by atoms with Gasteiger partial charge in [-0.15, -0.1) is 0 Å². The molecule has 0 unspecified atom stereocenters. The van der Waals surface area contributed by atoms with Gasteiger partial charge in [-0.3, -0.25) is 9.59 Å². The second kappa shape index (κ2) is 8.98. The molecule has 0 fully saturated rings. The molecule has 0 atom stereocenters. The minimum absolute atomic E-state index is 0.0242. The smallest absolute Gasteiger partial charge is 0.271 e. The first-order valence-electron chi connectivity index (χ1n) is 8.19. The monoisotopic (exact) mass is 329 g/mol. The van der Waals surface area contributed by atoms with Crippen LogP contribution in [0.5, 0.6) is 0 Å². The number of nitrogens with one attached hydrogen (secondary N) is 1. The summed E-state index contributed by atoms with van der Waals surface area (Å²) in [5.74, 6) is -0.285. The largest absolute Gasteiger partial charge is 0.392 e. The van der Waals surface area contributed by atoms with Crippen molar-refractivity contribution in [3.8, 4) is 0 Å². The third-order valence-electron chi connectivity index (χ3n) is 3.73. The van der Waals surface area contributed by atoms with Crippen LogP contribution in [0.2, 0.25) is 0 Å². The molecule has 1 amide bonds. The summed E-state index contributed by atoms with van der Waals surface area (Å²) >= 11 is 0. The standard InChI is InChI=1S/C18H23N3O3/c1-2-3-12-21-17(23)9-8-16(20-21)18(24)19-11-10-14-4-6-15(13-22)7-5-14/h4-9,22H,2-3,10-13H2,1H3,(H,19,24). The SMILES string of the molecule is CCCCn1nc(C(=O)NCCc2ccc(CO)cc2)ccc1=O. The van der Waals surface area contributed by atoms with Gasteiger partial charge in [-0.05, 0) is 30.0 Å². The van der Waals surface area contributed by atoms with Gasteiger partial charge in [0.2, 0.25) is 0 Å². The van der Waals surface area contributed by atoms with Gasteiger partial charge >= 0.3 is 0 Å². The first kappa shape index (κ1) is 17.9. The Kier molecular flexibility index (Phi) is 6.69. The summed E-state index contributed by atoms with van der Waals surface area (Å²) in [6.07, 6.45) is 2.49. The Morgan fingerprint density at radius 2 is 1.88 bits per heavy atom. The predicted molar refractivity (Wildman–Crippen MR) is 91.8 cm³/mol. The molecule has 1 aromatic carbocycles. The molecule has 0 bridgehead atoms. The number of nitrogens with zero attached hydrogens (tertiary/aromatic N) is 2. The van der Waals surface area contributed by atoms with E-state index in [4.69, 9.17) is 5.11 Å². The third-order valence-corrected chi connectivity index (χ3v) is 3.73. The molecule has 2 rings (SSSR count). The molecule has 0 aliphatic carbocycles. The molecular formula is C18H23N3O3. The minimum Gasteiger partial charge on any atom is -0.392 e. The molecule has 0 aliphatic heterocycles. The Hall–Kier alpha value is -2.47. The summed E-state index contributed by atoms with van der Waals surface area (Å²) in [5, 5.41) is 15.9. The Balaban J connectivity index is 1.90. The van der Waals surface area contributed by atoms with Gasteiger partial charge in [0.15, 0.2) is 0 Å². The summed E-state index contributed by atoms with van der Waals surface area (Å²) in [4.78, 5) is 23.9. The molecule has 1 aromatic heterocycles.